The van der Waals surface area contributed by atoms with E-state index in [0.717, 1.165) is 10.0 Å². The van der Waals surface area contributed by atoms with Crippen molar-refractivity contribution in [2.75, 3.05) is 5.73 Å². The maximum absolute atomic E-state index is 12.9. The fourth-order valence-corrected chi connectivity index (χ4v) is 3.25. The van der Waals surface area contributed by atoms with Crippen molar-refractivity contribution in [3.63, 3.8) is 0 Å². The molecule has 3 N–H and O–H groups in total. The molecule has 0 bridgehead atoms. The summed E-state index contributed by atoms with van der Waals surface area (Å²) in [7, 11) is 0. The van der Waals surface area contributed by atoms with Gasteiger partial charge in [0.25, 0.3) is 5.56 Å². The molecular formula is C12H10FN5OS2. The largest absolute Gasteiger partial charge is 0.374 e. The molecule has 0 spiro atoms. The van der Waals surface area contributed by atoms with Gasteiger partial charge in [-0.1, -0.05) is 23.1 Å². The number of rotatable bonds is 4. The number of H-pyrrole nitrogens is 1. The van der Waals surface area contributed by atoms with E-state index in [2.05, 4.69) is 15.3 Å². The number of halogens is 1. The number of aromatic amines is 1. The van der Waals surface area contributed by atoms with Crippen LogP contribution in [0.25, 0.3) is 5.69 Å². The number of hydrogen-bond acceptors (Lipinski definition) is 6. The topological polar surface area (TPSA) is 89.6 Å². The molecule has 0 aliphatic rings. The lowest BCUT2D eigenvalue weighted by Crippen LogP contribution is -2.13. The third kappa shape index (κ3) is 3.14. The van der Waals surface area contributed by atoms with Gasteiger partial charge in [-0.25, -0.2) is 9.07 Å². The lowest BCUT2D eigenvalue weighted by molar-refractivity contribution is 0.627. The van der Waals surface area contributed by atoms with Crippen LogP contribution < -0.4 is 11.3 Å². The van der Waals surface area contributed by atoms with Crippen LogP contribution in [0.15, 0.2) is 39.5 Å². The van der Waals surface area contributed by atoms with E-state index in [4.69, 9.17) is 5.73 Å². The molecule has 0 atom stereocenters. The Labute approximate surface area is 126 Å². The van der Waals surface area contributed by atoms with Crippen molar-refractivity contribution in [3.8, 4) is 5.69 Å². The third-order valence-corrected chi connectivity index (χ3v) is 4.57. The van der Waals surface area contributed by atoms with Crippen LogP contribution in [0.3, 0.4) is 0 Å². The van der Waals surface area contributed by atoms with Gasteiger partial charge >= 0.3 is 0 Å². The molecule has 0 saturated carbocycles. The second-order valence-corrected chi connectivity index (χ2v) is 6.36. The smallest absolute Gasteiger partial charge is 0.271 e. The summed E-state index contributed by atoms with van der Waals surface area (Å²) in [6.07, 6.45) is 0. The Hall–Kier alpha value is -2.13. The van der Waals surface area contributed by atoms with E-state index >= 15 is 0 Å². The number of anilines is 1. The minimum Gasteiger partial charge on any atom is -0.374 e. The van der Waals surface area contributed by atoms with Crippen molar-refractivity contribution in [2.24, 2.45) is 0 Å². The number of aromatic nitrogens is 4. The zero-order chi connectivity index (χ0) is 14.8. The third-order valence-electron chi connectivity index (χ3n) is 2.63. The highest BCUT2D eigenvalue weighted by molar-refractivity contribution is 8.00. The molecule has 2 heterocycles. The SMILES string of the molecule is Nc1nnc(SCc2cc(=O)n(-c3ccc(F)cc3)[nH]2)s1. The van der Waals surface area contributed by atoms with E-state index in [9.17, 15) is 9.18 Å². The molecule has 1 aromatic carbocycles. The lowest BCUT2D eigenvalue weighted by Gasteiger charge is -2.01. The Morgan fingerprint density at radius 2 is 2.10 bits per heavy atom. The molecule has 2 aromatic heterocycles. The monoisotopic (exact) mass is 323 g/mol. The Bertz CT molecular complexity index is 808. The normalized spacial score (nSPS) is 10.9. The van der Waals surface area contributed by atoms with Gasteiger partial charge in [0.1, 0.15) is 5.82 Å². The van der Waals surface area contributed by atoms with Crippen LogP contribution in [0.5, 0.6) is 0 Å². The van der Waals surface area contributed by atoms with E-state index in [1.54, 1.807) is 0 Å². The number of hydrogen-bond donors (Lipinski definition) is 2. The maximum Gasteiger partial charge on any atom is 0.271 e. The quantitative estimate of drug-likeness (QED) is 0.717. The number of nitrogens with zero attached hydrogens (tertiary/aromatic N) is 3. The van der Waals surface area contributed by atoms with Gasteiger partial charge in [-0.3, -0.25) is 9.89 Å². The van der Waals surface area contributed by atoms with Gasteiger partial charge in [-0.2, -0.15) is 0 Å². The van der Waals surface area contributed by atoms with Crippen LogP contribution in [0.1, 0.15) is 5.69 Å². The highest BCUT2D eigenvalue weighted by Crippen LogP contribution is 2.26. The second kappa shape index (κ2) is 5.70. The minimum absolute atomic E-state index is 0.200. The number of nitrogens with two attached hydrogens (primary N) is 1. The summed E-state index contributed by atoms with van der Waals surface area (Å²) >= 11 is 2.73. The molecule has 9 heteroatoms. The molecule has 0 saturated heterocycles. The highest BCUT2D eigenvalue weighted by atomic mass is 32.2. The summed E-state index contributed by atoms with van der Waals surface area (Å²) in [4.78, 5) is 11.9. The molecule has 6 nitrogen and oxygen atoms in total. The highest BCUT2D eigenvalue weighted by Gasteiger charge is 2.08. The fourth-order valence-electron chi connectivity index (χ4n) is 1.72. The Balaban J connectivity index is 1.78. The molecule has 3 rings (SSSR count). The number of benzene rings is 1. The van der Waals surface area contributed by atoms with Crippen molar-refractivity contribution in [3.05, 3.63) is 52.2 Å². The second-order valence-electron chi connectivity index (χ2n) is 4.13. The molecule has 21 heavy (non-hydrogen) atoms. The molecule has 3 aromatic rings. The first-order valence-corrected chi connectivity index (χ1v) is 7.71. The van der Waals surface area contributed by atoms with Crippen LogP contribution >= 0.6 is 23.1 Å². The van der Waals surface area contributed by atoms with Gasteiger partial charge in [0.15, 0.2) is 4.34 Å². The zero-order valence-electron chi connectivity index (χ0n) is 10.6. The predicted octanol–water partition coefficient (Wildman–Crippen LogP) is 2.03. The molecule has 0 amide bonds. The number of nitrogen functional groups attached to an aromatic ring is 1. The Morgan fingerprint density at radius 3 is 2.76 bits per heavy atom. The van der Waals surface area contributed by atoms with Gasteiger partial charge in [0, 0.05) is 17.5 Å². The van der Waals surface area contributed by atoms with Crippen molar-refractivity contribution >= 4 is 28.2 Å². The van der Waals surface area contributed by atoms with E-state index in [1.165, 1.54) is 58.1 Å². The Morgan fingerprint density at radius 1 is 1.33 bits per heavy atom. The molecule has 0 radical (unpaired) electrons. The summed E-state index contributed by atoms with van der Waals surface area (Å²) in [5.74, 6) is 0.195. The molecule has 0 unspecified atom stereocenters. The van der Waals surface area contributed by atoms with Crippen molar-refractivity contribution in [2.45, 2.75) is 10.1 Å². The van der Waals surface area contributed by atoms with E-state index in [1.807, 2.05) is 0 Å². The average Bonchev–Trinajstić information content (AvgIpc) is 3.04. The summed E-state index contributed by atoms with van der Waals surface area (Å²) in [6.45, 7) is 0. The molecule has 0 aliphatic carbocycles. The first-order valence-electron chi connectivity index (χ1n) is 5.90. The molecule has 108 valence electrons. The van der Waals surface area contributed by atoms with Gasteiger partial charge < -0.3 is 5.73 Å². The number of thioether (sulfide) groups is 1. The van der Waals surface area contributed by atoms with Crippen molar-refractivity contribution < 1.29 is 4.39 Å². The van der Waals surface area contributed by atoms with Crippen LogP contribution in [-0.4, -0.2) is 20.0 Å². The lowest BCUT2D eigenvalue weighted by atomic mass is 10.3. The average molecular weight is 323 g/mol. The summed E-state index contributed by atoms with van der Waals surface area (Å²) in [5.41, 5.74) is 6.62. The van der Waals surface area contributed by atoms with E-state index < -0.39 is 0 Å². The van der Waals surface area contributed by atoms with Gasteiger partial charge in [0.2, 0.25) is 5.13 Å². The summed E-state index contributed by atoms with van der Waals surface area (Å²) in [5, 5.41) is 11.0. The van der Waals surface area contributed by atoms with Crippen molar-refractivity contribution in [1.29, 1.82) is 0 Å². The zero-order valence-corrected chi connectivity index (χ0v) is 12.2. The summed E-state index contributed by atoms with van der Waals surface area (Å²) < 4.78 is 15.0. The van der Waals surface area contributed by atoms with E-state index in [-0.39, 0.29) is 11.4 Å². The van der Waals surface area contributed by atoms with Gasteiger partial charge in [-0.05, 0) is 24.3 Å². The van der Waals surface area contributed by atoms with Crippen LogP contribution in [0, 0.1) is 5.82 Å². The van der Waals surface area contributed by atoms with E-state index in [0.29, 0.717) is 16.6 Å². The van der Waals surface area contributed by atoms with Crippen molar-refractivity contribution in [1.82, 2.24) is 20.0 Å². The van der Waals surface area contributed by atoms with Gasteiger partial charge in [0.05, 0.1) is 5.69 Å². The molecule has 0 aliphatic heterocycles. The van der Waals surface area contributed by atoms with Crippen LogP contribution in [-0.2, 0) is 5.75 Å². The first-order chi connectivity index (χ1) is 10.1. The predicted molar refractivity (Wildman–Crippen MR) is 80.2 cm³/mol. The molecular weight excluding hydrogens is 313 g/mol. The minimum atomic E-state index is -0.344. The Kier molecular flexibility index (Phi) is 3.76. The standard InChI is InChI=1S/C12H10FN5OS2/c13-7-1-3-9(4-2-7)18-10(19)5-8(17-18)6-20-12-16-15-11(14)21-12/h1-5,17H,6H2,(H2,14,15). The summed E-state index contributed by atoms with van der Waals surface area (Å²) in [6, 6.07) is 7.19. The van der Waals surface area contributed by atoms with Crippen LogP contribution in [0.2, 0.25) is 0 Å². The first kappa shape index (κ1) is 13.8. The molecule has 0 fully saturated rings. The number of nitrogens with one attached hydrogen (secondary N) is 1. The van der Waals surface area contributed by atoms with Gasteiger partial charge in [-0.15, -0.1) is 10.2 Å². The maximum atomic E-state index is 12.9. The fraction of sp³-hybridized carbons (Fsp3) is 0.0833. The van der Waals surface area contributed by atoms with Crippen LogP contribution in [0.4, 0.5) is 9.52 Å².